The van der Waals surface area contributed by atoms with Crippen LogP contribution in [0.2, 0.25) is 0 Å². The van der Waals surface area contributed by atoms with Crippen LogP contribution in [0.5, 0.6) is 0 Å². The molecular formula is C14H22ClN3O3S. The number of amides is 1. The topological polar surface area (TPSA) is 87.3 Å². The Labute approximate surface area is 137 Å². The number of hydrogen-bond donors (Lipinski definition) is 3. The first kappa shape index (κ1) is 18.9. The van der Waals surface area contributed by atoms with Gasteiger partial charge < -0.3 is 10.6 Å². The summed E-state index contributed by atoms with van der Waals surface area (Å²) >= 11 is 0. The molecule has 0 spiro atoms. The molecule has 1 aromatic rings. The molecule has 22 heavy (non-hydrogen) atoms. The second-order valence-electron chi connectivity index (χ2n) is 5.18. The fraction of sp³-hybridized carbons (Fsp3) is 0.500. The molecule has 0 aromatic heterocycles. The summed E-state index contributed by atoms with van der Waals surface area (Å²) in [6.45, 7) is 2.56. The third-order valence-corrected chi connectivity index (χ3v) is 5.20. The van der Waals surface area contributed by atoms with Crippen molar-refractivity contribution in [2.75, 3.05) is 18.9 Å². The number of carbonyl (C=O) groups is 1. The van der Waals surface area contributed by atoms with Gasteiger partial charge in [0.05, 0.1) is 10.9 Å². The predicted octanol–water partition coefficient (Wildman–Crippen LogP) is 1.41. The molecule has 0 radical (unpaired) electrons. The summed E-state index contributed by atoms with van der Waals surface area (Å²) in [5.41, 5.74) is 1.13. The summed E-state index contributed by atoms with van der Waals surface area (Å²) in [6.07, 6.45) is 2.91. The smallest absolute Gasteiger partial charge is 0.241 e. The highest BCUT2D eigenvalue weighted by molar-refractivity contribution is 7.89. The fourth-order valence-corrected chi connectivity index (χ4v) is 3.38. The molecule has 3 N–H and O–H groups in total. The van der Waals surface area contributed by atoms with Crippen molar-refractivity contribution in [2.45, 2.75) is 37.1 Å². The predicted molar refractivity (Wildman–Crippen MR) is 88.9 cm³/mol. The highest BCUT2D eigenvalue weighted by Gasteiger charge is 2.21. The van der Waals surface area contributed by atoms with Crippen molar-refractivity contribution in [3.63, 3.8) is 0 Å². The first-order valence-electron chi connectivity index (χ1n) is 7.02. The number of hydrogen-bond acceptors (Lipinski definition) is 4. The summed E-state index contributed by atoms with van der Waals surface area (Å²) < 4.78 is 26.1. The molecule has 0 aliphatic carbocycles. The number of sulfonamides is 1. The first-order chi connectivity index (χ1) is 9.94. The Balaban J connectivity index is 0.00000242. The number of halogens is 1. The SMILES string of the molecule is CNS(=O)(=O)c1cc(NC(=O)C2CCCCN2)ccc1C.Cl. The van der Waals surface area contributed by atoms with Crippen molar-refractivity contribution >= 4 is 34.0 Å². The summed E-state index contributed by atoms with van der Waals surface area (Å²) in [4.78, 5) is 12.3. The van der Waals surface area contributed by atoms with Gasteiger partial charge in [-0.25, -0.2) is 13.1 Å². The quantitative estimate of drug-likeness (QED) is 0.768. The number of anilines is 1. The van der Waals surface area contributed by atoms with Gasteiger partial charge in [0.2, 0.25) is 15.9 Å². The molecule has 1 aliphatic heterocycles. The zero-order valence-corrected chi connectivity index (χ0v) is 14.3. The maximum absolute atomic E-state index is 12.1. The molecule has 0 saturated carbocycles. The molecule has 1 heterocycles. The van der Waals surface area contributed by atoms with Gasteiger partial charge in [-0.05, 0) is 51.1 Å². The fourth-order valence-electron chi connectivity index (χ4n) is 2.38. The Kier molecular flexibility index (Phi) is 6.80. The zero-order valence-electron chi connectivity index (χ0n) is 12.7. The van der Waals surface area contributed by atoms with Gasteiger partial charge >= 0.3 is 0 Å². The van der Waals surface area contributed by atoms with Crippen LogP contribution in [0, 0.1) is 6.92 Å². The molecule has 1 amide bonds. The van der Waals surface area contributed by atoms with Crippen LogP contribution in [0.3, 0.4) is 0 Å². The average molecular weight is 348 g/mol. The summed E-state index contributed by atoms with van der Waals surface area (Å²) in [5.74, 6) is -0.119. The minimum atomic E-state index is -3.53. The van der Waals surface area contributed by atoms with Crippen molar-refractivity contribution < 1.29 is 13.2 Å². The second-order valence-corrected chi connectivity index (χ2v) is 7.03. The van der Waals surface area contributed by atoms with Gasteiger partial charge in [0, 0.05) is 5.69 Å². The molecule has 8 heteroatoms. The van der Waals surface area contributed by atoms with Crippen LogP contribution >= 0.6 is 12.4 Å². The van der Waals surface area contributed by atoms with E-state index in [9.17, 15) is 13.2 Å². The normalized spacial score (nSPS) is 18.4. The van der Waals surface area contributed by atoms with Crippen molar-refractivity contribution in [3.8, 4) is 0 Å². The average Bonchev–Trinajstić information content (AvgIpc) is 2.50. The Hall–Kier alpha value is -1.15. The third-order valence-electron chi connectivity index (χ3n) is 3.64. The number of nitrogens with one attached hydrogen (secondary N) is 3. The lowest BCUT2D eigenvalue weighted by Gasteiger charge is -2.22. The Morgan fingerprint density at radius 1 is 1.32 bits per heavy atom. The number of piperidine rings is 1. The molecule has 0 bridgehead atoms. The third kappa shape index (κ3) is 4.42. The minimum Gasteiger partial charge on any atom is -0.325 e. The summed E-state index contributed by atoms with van der Waals surface area (Å²) in [7, 11) is -2.16. The van der Waals surface area contributed by atoms with E-state index in [4.69, 9.17) is 0 Å². The van der Waals surface area contributed by atoms with Crippen LogP contribution in [0.4, 0.5) is 5.69 Å². The highest BCUT2D eigenvalue weighted by atomic mass is 35.5. The second kappa shape index (κ2) is 7.92. The van der Waals surface area contributed by atoms with E-state index in [2.05, 4.69) is 15.4 Å². The van der Waals surface area contributed by atoms with Crippen LogP contribution in [0.1, 0.15) is 24.8 Å². The van der Waals surface area contributed by atoms with Crippen molar-refractivity contribution in [3.05, 3.63) is 23.8 Å². The van der Waals surface area contributed by atoms with E-state index >= 15 is 0 Å². The van der Waals surface area contributed by atoms with E-state index < -0.39 is 10.0 Å². The van der Waals surface area contributed by atoms with E-state index in [0.717, 1.165) is 25.8 Å². The molecule has 1 aromatic carbocycles. The van der Waals surface area contributed by atoms with Gasteiger partial charge in [-0.3, -0.25) is 4.79 Å². The number of carbonyl (C=O) groups excluding carboxylic acids is 1. The highest BCUT2D eigenvalue weighted by Crippen LogP contribution is 2.20. The Morgan fingerprint density at radius 2 is 2.05 bits per heavy atom. The van der Waals surface area contributed by atoms with E-state index in [0.29, 0.717) is 11.3 Å². The molecule has 1 unspecified atom stereocenters. The van der Waals surface area contributed by atoms with Crippen molar-refractivity contribution in [2.24, 2.45) is 0 Å². The van der Waals surface area contributed by atoms with Crippen LogP contribution in [0.15, 0.2) is 23.1 Å². The van der Waals surface area contributed by atoms with Gasteiger partial charge in [0.15, 0.2) is 0 Å². The van der Waals surface area contributed by atoms with Gasteiger partial charge in [-0.15, -0.1) is 12.4 Å². The molecule has 1 aliphatic rings. The summed E-state index contributed by atoms with van der Waals surface area (Å²) in [6, 6.07) is 4.69. The maximum atomic E-state index is 12.1. The molecule has 124 valence electrons. The number of aryl methyl sites for hydroxylation is 1. The lowest BCUT2D eigenvalue weighted by Crippen LogP contribution is -2.43. The number of rotatable bonds is 4. The van der Waals surface area contributed by atoms with Crippen LogP contribution < -0.4 is 15.4 Å². The molecule has 1 saturated heterocycles. The standard InChI is InChI=1S/C14H21N3O3S.ClH/c1-10-6-7-11(9-13(10)21(19,20)15-2)17-14(18)12-5-3-4-8-16-12;/h6-7,9,12,15-16H,3-5,8H2,1-2H3,(H,17,18);1H. The van der Waals surface area contributed by atoms with Crippen molar-refractivity contribution in [1.29, 1.82) is 0 Å². The van der Waals surface area contributed by atoms with Gasteiger partial charge in [-0.1, -0.05) is 12.5 Å². The molecule has 1 fully saturated rings. The monoisotopic (exact) mass is 347 g/mol. The zero-order chi connectivity index (χ0) is 15.5. The summed E-state index contributed by atoms with van der Waals surface area (Å²) in [5, 5.41) is 5.95. The first-order valence-corrected chi connectivity index (χ1v) is 8.51. The van der Waals surface area contributed by atoms with Crippen LogP contribution in [-0.4, -0.2) is 34.0 Å². The molecule has 2 rings (SSSR count). The van der Waals surface area contributed by atoms with E-state index in [-0.39, 0.29) is 29.3 Å². The lowest BCUT2D eigenvalue weighted by atomic mass is 10.0. The molecular weight excluding hydrogens is 326 g/mol. The molecule has 1 atom stereocenters. The van der Waals surface area contributed by atoms with E-state index in [1.54, 1.807) is 19.1 Å². The van der Waals surface area contributed by atoms with E-state index in [1.165, 1.54) is 13.1 Å². The van der Waals surface area contributed by atoms with Crippen LogP contribution in [-0.2, 0) is 14.8 Å². The van der Waals surface area contributed by atoms with Gasteiger partial charge in [-0.2, -0.15) is 0 Å². The van der Waals surface area contributed by atoms with E-state index in [1.807, 2.05) is 0 Å². The minimum absolute atomic E-state index is 0. The maximum Gasteiger partial charge on any atom is 0.241 e. The van der Waals surface area contributed by atoms with Crippen LogP contribution in [0.25, 0.3) is 0 Å². The Morgan fingerprint density at radius 3 is 2.64 bits per heavy atom. The number of benzene rings is 1. The molecule has 6 nitrogen and oxygen atoms in total. The Bertz CT molecular complexity index is 628. The van der Waals surface area contributed by atoms with Gasteiger partial charge in [0.1, 0.15) is 0 Å². The largest absolute Gasteiger partial charge is 0.325 e. The van der Waals surface area contributed by atoms with Gasteiger partial charge in [0.25, 0.3) is 0 Å². The lowest BCUT2D eigenvalue weighted by molar-refractivity contribution is -0.118. The van der Waals surface area contributed by atoms with Crippen molar-refractivity contribution in [1.82, 2.24) is 10.0 Å².